The van der Waals surface area contributed by atoms with E-state index in [1.165, 1.54) is 289 Å². The first-order valence-corrected chi connectivity index (χ1v) is 48.5. The van der Waals surface area contributed by atoms with E-state index in [1.54, 1.807) is 0 Å². The predicted molar refractivity (Wildman–Crippen MR) is 442 cm³/mol. The number of carbonyl (C=O) groups is 4. The van der Waals surface area contributed by atoms with Crippen molar-refractivity contribution in [2.45, 2.75) is 490 Å². The summed E-state index contributed by atoms with van der Waals surface area (Å²) in [6.45, 7) is 9.72. The molecule has 0 aromatic rings. The van der Waals surface area contributed by atoms with E-state index in [-0.39, 0.29) is 25.7 Å². The van der Waals surface area contributed by atoms with Gasteiger partial charge >= 0.3 is 39.5 Å². The predicted octanol–water partition coefficient (Wildman–Crippen LogP) is 27.0. The highest BCUT2D eigenvalue weighted by Crippen LogP contribution is 2.45. The van der Waals surface area contributed by atoms with Gasteiger partial charge in [0, 0.05) is 25.7 Å². The van der Waals surface area contributed by atoms with Crippen LogP contribution in [-0.4, -0.2) is 96.7 Å². The minimum absolute atomic E-state index is 0.107. The van der Waals surface area contributed by atoms with E-state index in [2.05, 4.69) is 41.5 Å². The molecule has 0 aliphatic carbocycles. The van der Waals surface area contributed by atoms with Crippen molar-refractivity contribution < 1.29 is 80.2 Å². The van der Waals surface area contributed by atoms with Gasteiger partial charge in [0.1, 0.15) is 19.3 Å². The number of aliphatic hydroxyl groups is 1. The van der Waals surface area contributed by atoms with E-state index >= 15 is 0 Å². The summed E-state index contributed by atoms with van der Waals surface area (Å²) < 4.78 is 69.0. The van der Waals surface area contributed by atoms with Crippen molar-refractivity contribution in [3.63, 3.8) is 0 Å². The Hall–Kier alpha value is -1.94. The number of phosphoric acid groups is 2. The molecule has 0 fully saturated rings. The number of esters is 4. The highest BCUT2D eigenvalue weighted by Gasteiger charge is 2.30. The number of rotatable bonds is 87. The van der Waals surface area contributed by atoms with Gasteiger partial charge in [0.05, 0.1) is 26.4 Å². The van der Waals surface area contributed by atoms with Crippen molar-refractivity contribution in [1.29, 1.82) is 0 Å². The molecule has 0 aromatic carbocycles. The van der Waals surface area contributed by atoms with Crippen LogP contribution in [0.5, 0.6) is 0 Å². The van der Waals surface area contributed by atoms with Gasteiger partial charge in [0.25, 0.3) is 0 Å². The first kappa shape index (κ1) is 105. The zero-order chi connectivity index (χ0) is 78.5. The molecule has 0 radical (unpaired) electrons. The van der Waals surface area contributed by atoms with E-state index < -0.39 is 97.5 Å². The van der Waals surface area contributed by atoms with E-state index in [0.29, 0.717) is 25.7 Å². The van der Waals surface area contributed by atoms with Crippen molar-refractivity contribution in [2.75, 3.05) is 39.6 Å². The van der Waals surface area contributed by atoms with Crippen molar-refractivity contribution in [3.8, 4) is 0 Å². The van der Waals surface area contributed by atoms with Gasteiger partial charge in [-0.1, -0.05) is 420 Å². The molecule has 107 heavy (non-hydrogen) atoms. The number of hydrogen-bond acceptors (Lipinski definition) is 15. The van der Waals surface area contributed by atoms with Gasteiger partial charge in [-0.3, -0.25) is 37.3 Å². The molecule has 0 aliphatic heterocycles. The third kappa shape index (κ3) is 81.9. The number of unbranched alkanes of at least 4 members (excludes halogenated alkanes) is 57. The summed E-state index contributed by atoms with van der Waals surface area (Å²) in [5, 5.41) is 10.7. The van der Waals surface area contributed by atoms with Crippen LogP contribution >= 0.6 is 15.6 Å². The van der Waals surface area contributed by atoms with E-state index in [4.69, 9.17) is 37.0 Å². The summed E-state index contributed by atoms with van der Waals surface area (Å²) in [5.74, 6) is -0.510. The van der Waals surface area contributed by atoms with Gasteiger partial charge in [-0.25, -0.2) is 9.13 Å². The molecule has 19 heteroatoms. The van der Waals surface area contributed by atoms with E-state index in [0.717, 1.165) is 102 Å². The van der Waals surface area contributed by atoms with Crippen LogP contribution < -0.4 is 0 Å². The van der Waals surface area contributed by atoms with Crippen LogP contribution in [0.4, 0.5) is 0 Å². The Kier molecular flexibility index (Phi) is 77.9. The molecule has 0 amide bonds. The van der Waals surface area contributed by atoms with E-state index in [1.807, 2.05) is 0 Å². The minimum Gasteiger partial charge on any atom is -0.462 e. The molecule has 0 rings (SSSR count). The molecule has 0 aliphatic rings. The number of hydrogen-bond donors (Lipinski definition) is 3. The molecule has 0 bridgehead atoms. The lowest BCUT2D eigenvalue weighted by atomic mass is 10.0. The average molecular weight is 1560 g/mol. The SMILES string of the molecule is CCCCCCCCCCCCCCCCCCCCCCCCC(=O)O[C@H](COC(=O)CCCCCCCCCCCCCCCCCCC(C)C)COP(=O)(O)OC[C@@H](O)COP(=O)(O)OC[C@@H](COC(=O)CCCCCCCCCCCCC)OC(=O)CCCCCCCCCCCCCCC(C)C. The van der Waals surface area contributed by atoms with Gasteiger partial charge in [-0.05, 0) is 37.5 Å². The normalized spacial score (nSPS) is 13.8. The van der Waals surface area contributed by atoms with Crippen LogP contribution in [-0.2, 0) is 65.4 Å². The Morgan fingerprint density at radius 3 is 0.636 bits per heavy atom. The smallest absolute Gasteiger partial charge is 0.462 e. The van der Waals surface area contributed by atoms with Gasteiger partial charge in [0.2, 0.25) is 0 Å². The van der Waals surface area contributed by atoms with Crippen LogP contribution in [0.15, 0.2) is 0 Å². The Morgan fingerprint density at radius 2 is 0.430 bits per heavy atom. The fourth-order valence-corrected chi connectivity index (χ4v) is 15.4. The van der Waals surface area contributed by atoms with Gasteiger partial charge in [-0.2, -0.15) is 0 Å². The highest BCUT2D eigenvalue weighted by atomic mass is 31.2. The Labute approximate surface area is 658 Å². The second-order valence-electron chi connectivity index (χ2n) is 32.6. The Bertz CT molecular complexity index is 2050. The molecule has 0 aromatic heterocycles. The number of carbonyl (C=O) groups excluding carboxylic acids is 4. The maximum atomic E-state index is 13.2. The second kappa shape index (κ2) is 79.3. The van der Waals surface area contributed by atoms with Gasteiger partial charge < -0.3 is 33.8 Å². The fraction of sp³-hybridized carbons (Fsp3) is 0.955. The summed E-state index contributed by atoms with van der Waals surface area (Å²) in [5.41, 5.74) is 0. The van der Waals surface area contributed by atoms with Crippen molar-refractivity contribution in [3.05, 3.63) is 0 Å². The van der Waals surface area contributed by atoms with Crippen molar-refractivity contribution in [1.82, 2.24) is 0 Å². The maximum Gasteiger partial charge on any atom is 0.472 e. The Balaban J connectivity index is 5.23. The topological polar surface area (TPSA) is 237 Å². The molecular formula is C88H172O17P2. The molecule has 2 unspecified atom stereocenters. The van der Waals surface area contributed by atoms with E-state index in [9.17, 15) is 43.2 Å². The average Bonchev–Trinajstić information content (AvgIpc) is 1.01. The standard InChI is InChI=1S/C88H172O17P2/c1-7-9-11-13-15-17-19-20-21-22-23-24-25-26-27-32-35-42-48-54-60-66-72-87(92)104-84(77-99-86(91)71-65-59-53-47-41-34-31-29-28-30-33-39-44-50-56-62-68-80(3)4)79-103-107(96,97)101-75-82(89)74-100-106(94,95)102-78-83(76-98-85(90)70-64-58-52-46-38-18-16-14-12-10-8-2)105-88(93)73-67-61-55-49-43-37-36-40-45-51-57-63-69-81(5)6/h80-84,89H,7-79H2,1-6H3,(H,94,95)(H,96,97)/t82-,83+,84+/m0/s1. The van der Waals surface area contributed by atoms with Gasteiger partial charge in [-0.15, -0.1) is 0 Å². The van der Waals surface area contributed by atoms with Crippen LogP contribution in [0.1, 0.15) is 472 Å². The molecule has 636 valence electrons. The molecule has 0 heterocycles. The van der Waals surface area contributed by atoms with Crippen molar-refractivity contribution in [2.24, 2.45) is 11.8 Å². The third-order valence-electron chi connectivity index (χ3n) is 20.7. The summed E-state index contributed by atoms with van der Waals surface area (Å²) in [4.78, 5) is 73.3. The van der Waals surface area contributed by atoms with Crippen LogP contribution in [0.3, 0.4) is 0 Å². The lowest BCUT2D eigenvalue weighted by molar-refractivity contribution is -0.161. The lowest BCUT2D eigenvalue weighted by Gasteiger charge is -2.21. The Morgan fingerprint density at radius 1 is 0.252 bits per heavy atom. The summed E-state index contributed by atoms with van der Waals surface area (Å²) in [6.07, 6.45) is 72.3. The first-order valence-electron chi connectivity index (χ1n) is 45.5. The second-order valence-corrected chi connectivity index (χ2v) is 35.5. The van der Waals surface area contributed by atoms with Crippen molar-refractivity contribution >= 4 is 39.5 Å². The molecular weight excluding hydrogens is 1390 g/mol. The van der Waals surface area contributed by atoms with Crippen LogP contribution in [0.25, 0.3) is 0 Å². The third-order valence-corrected chi connectivity index (χ3v) is 22.6. The molecule has 17 nitrogen and oxygen atoms in total. The number of phosphoric ester groups is 2. The van der Waals surface area contributed by atoms with Crippen LogP contribution in [0, 0.1) is 11.8 Å². The molecule has 5 atom stereocenters. The summed E-state index contributed by atoms with van der Waals surface area (Å²) in [6, 6.07) is 0. The molecule has 0 spiro atoms. The fourth-order valence-electron chi connectivity index (χ4n) is 13.8. The quantitative estimate of drug-likeness (QED) is 0.0222. The molecule has 0 saturated heterocycles. The zero-order valence-electron chi connectivity index (χ0n) is 70.5. The lowest BCUT2D eigenvalue weighted by Crippen LogP contribution is -2.30. The first-order chi connectivity index (χ1) is 51.9. The van der Waals surface area contributed by atoms with Crippen LogP contribution in [0.2, 0.25) is 0 Å². The summed E-state index contributed by atoms with van der Waals surface area (Å²) >= 11 is 0. The number of ether oxygens (including phenoxy) is 4. The van der Waals surface area contributed by atoms with Gasteiger partial charge in [0.15, 0.2) is 12.2 Å². The minimum atomic E-state index is -4.97. The highest BCUT2D eigenvalue weighted by molar-refractivity contribution is 7.47. The zero-order valence-corrected chi connectivity index (χ0v) is 72.2. The maximum absolute atomic E-state index is 13.2. The number of aliphatic hydroxyl groups excluding tert-OH is 1. The molecule has 3 N–H and O–H groups in total. The summed E-state index contributed by atoms with van der Waals surface area (Å²) in [7, 11) is -9.93. The molecule has 0 saturated carbocycles. The monoisotopic (exact) mass is 1560 g/mol. The largest absolute Gasteiger partial charge is 0.472 e.